The Hall–Kier alpha value is -2.23. The molecule has 0 aliphatic carbocycles. The molecule has 0 unspecified atom stereocenters. The first-order valence-corrected chi connectivity index (χ1v) is 7.33. The van der Waals surface area contributed by atoms with Gasteiger partial charge < -0.3 is 4.90 Å². The molecule has 116 valence electrons. The van der Waals surface area contributed by atoms with Gasteiger partial charge in [-0.25, -0.2) is 4.39 Å². The predicted octanol–water partition coefficient (Wildman–Crippen LogP) is 3.54. The van der Waals surface area contributed by atoms with Crippen molar-refractivity contribution in [3.63, 3.8) is 0 Å². The van der Waals surface area contributed by atoms with E-state index in [2.05, 4.69) is 4.98 Å². The van der Waals surface area contributed by atoms with Gasteiger partial charge in [-0.2, -0.15) is 0 Å². The zero-order valence-electron chi connectivity index (χ0n) is 13.4. The summed E-state index contributed by atoms with van der Waals surface area (Å²) in [6.07, 6.45) is 2.44. The topological polar surface area (TPSA) is 33.2 Å². The summed E-state index contributed by atoms with van der Waals surface area (Å²) < 4.78 is 13.4. The minimum atomic E-state index is -0.393. The maximum Gasteiger partial charge on any atom is 0.254 e. The van der Waals surface area contributed by atoms with Gasteiger partial charge in [0.2, 0.25) is 0 Å². The highest BCUT2D eigenvalue weighted by Gasteiger charge is 2.20. The molecule has 1 atom stereocenters. The van der Waals surface area contributed by atoms with Gasteiger partial charge in [0, 0.05) is 37.0 Å². The number of hydrogen-bond acceptors (Lipinski definition) is 2. The van der Waals surface area contributed by atoms with E-state index >= 15 is 0 Å². The fourth-order valence-electron chi connectivity index (χ4n) is 2.36. The average molecular weight is 300 g/mol. The molecule has 4 heteroatoms. The summed E-state index contributed by atoms with van der Waals surface area (Å²) in [7, 11) is 1.74. The van der Waals surface area contributed by atoms with Crippen molar-refractivity contribution in [1.29, 1.82) is 0 Å². The van der Waals surface area contributed by atoms with Crippen LogP contribution in [0.2, 0.25) is 0 Å². The molecule has 0 aliphatic rings. The van der Waals surface area contributed by atoms with Crippen LogP contribution in [-0.2, 0) is 6.42 Å². The zero-order chi connectivity index (χ0) is 16.3. The maximum atomic E-state index is 13.4. The minimum Gasteiger partial charge on any atom is -0.339 e. The van der Waals surface area contributed by atoms with Gasteiger partial charge in [0.1, 0.15) is 5.82 Å². The van der Waals surface area contributed by atoms with Crippen molar-refractivity contribution in [2.75, 3.05) is 7.05 Å². The van der Waals surface area contributed by atoms with E-state index in [1.807, 2.05) is 32.9 Å². The van der Waals surface area contributed by atoms with Crippen LogP contribution in [0.4, 0.5) is 4.39 Å². The molecule has 1 aromatic carbocycles. The van der Waals surface area contributed by atoms with Crippen molar-refractivity contribution < 1.29 is 9.18 Å². The fourth-order valence-corrected chi connectivity index (χ4v) is 2.36. The number of nitrogens with zero attached hydrogens (tertiary/aromatic N) is 2. The molecule has 0 saturated heterocycles. The summed E-state index contributed by atoms with van der Waals surface area (Å²) in [5.74, 6) is -0.562. The molecule has 22 heavy (non-hydrogen) atoms. The number of likely N-dealkylation sites (N-methyl/N-ethyl adjacent to an activating group) is 1. The molecule has 0 aliphatic heterocycles. The third-order valence-corrected chi connectivity index (χ3v) is 3.89. The van der Waals surface area contributed by atoms with Crippen molar-refractivity contribution in [3.8, 4) is 0 Å². The number of halogens is 1. The largest absolute Gasteiger partial charge is 0.339 e. The summed E-state index contributed by atoms with van der Waals surface area (Å²) in [5, 5.41) is 0. The highest BCUT2D eigenvalue weighted by molar-refractivity contribution is 5.95. The third kappa shape index (κ3) is 3.70. The molecule has 0 fully saturated rings. The number of hydrogen-bond donors (Lipinski definition) is 0. The number of amides is 1. The van der Waals surface area contributed by atoms with E-state index in [9.17, 15) is 9.18 Å². The summed E-state index contributed by atoms with van der Waals surface area (Å²) in [4.78, 5) is 18.5. The molecular formula is C18H21FN2O. The molecule has 3 nitrogen and oxygen atoms in total. The predicted molar refractivity (Wildman–Crippen MR) is 85.4 cm³/mol. The number of benzene rings is 1. The first kappa shape index (κ1) is 16.1. The van der Waals surface area contributed by atoms with E-state index in [-0.39, 0.29) is 11.9 Å². The van der Waals surface area contributed by atoms with Crippen LogP contribution in [0.25, 0.3) is 0 Å². The molecule has 0 N–H and O–H groups in total. The Morgan fingerprint density at radius 3 is 2.68 bits per heavy atom. The summed E-state index contributed by atoms with van der Waals surface area (Å²) in [5.41, 5.74) is 3.28. The SMILES string of the molecule is Cc1ccnc(C[C@@H](C)N(C)C(=O)c2cc(F)ccc2C)c1. The standard InChI is InChI=1S/C18H21FN2O/c1-12-7-8-20-16(9-12)10-14(3)21(4)18(22)17-11-15(19)6-5-13(17)2/h5-9,11,14H,10H2,1-4H3/t14-/m1/s1. The second-order valence-electron chi connectivity index (χ2n) is 5.75. The van der Waals surface area contributed by atoms with E-state index in [1.165, 1.54) is 12.1 Å². The van der Waals surface area contributed by atoms with Gasteiger partial charge in [0.15, 0.2) is 0 Å². The smallest absolute Gasteiger partial charge is 0.254 e. The summed E-state index contributed by atoms with van der Waals surface area (Å²) in [6, 6.07) is 8.23. The van der Waals surface area contributed by atoms with E-state index in [0.717, 1.165) is 16.8 Å². The van der Waals surface area contributed by atoms with Gasteiger partial charge in [-0.1, -0.05) is 6.07 Å². The lowest BCUT2D eigenvalue weighted by Gasteiger charge is -2.25. The van der Waals surface area contributed by atoms with Crippen LogP contribution in [0.15, 0.2) is 36.5 Å². The molecule has 1 heterocycles. The molecular weight excluding hydrogens is 279 g/mol. The van der Waals surface area contributed by atoms with Gasteiger partial charge in [-0.3, -0.25) is 9.78 Å². The van der Waals surface area contributed by atoms with E-state index in [0.29, 0.717) is 12.0 Å². The second-order valence-corrected chi connectivity index (χ2v) is 5.75. The third-order valence-electron chi connectivity index (χ3n) is 3.89. The summed E-state index contributed by atoms with van der Waals surface area (Å²) in [6.45, 7) is 5.80. The van der Waals surface area contributed by atoms with Gasteiger partial charge in [-0.05, 0) is 56.2 Å². The molecule has 1 aromatic heterocycles. The number of carbonyl (C=O) groups is 1. The average Bonchev–Trinajstić information content (AvgIpc) is 2.48. The Labute approximate surface area is 130 Å². The zero-order valence-corrected chi connectivity index (χ0v) is 13.4. The molecule has 0 bridgehead atoms. The van der Waals surface area contributed by atoms with Gasteiger partial charge in [-0.15, -0.1) is 0 Å². The number of carbonyl (C=O) groups excluding carboxylic acids is 1. The highest BCUT2D eigenvalue weighted by atomic mass is 19.1. The Morgan fingerprint density at radius 2 is 2.00 bits per heavy atom. The van der Waals surface area contributed by atoms with Crippen molar-refractivity contribution in [3.05, 3.63) is 64.7 Å². The van der Waals surface area contributed by atoms with Crippen LogP contribution in [0.3, 0.4) is 0 Å². The molecule has 2 aromatic rings. The quantitative estimate of drug-likeness (QED) is 0.865. The van der Waals surface area contributed by atoms with Crippen LogP contribution in [0.5, 0.6) is 0 Å². The molecule has 0 radical (unpaired) electrons. The monoisotopic (exact) mass is 300 g/mol. The Bertz CT molecular complexity index is 685. The maximum absolute atomic E-state index is 13.4. The lowest BCUT2D eigenvalue weighted by molar-refractivity contribution is 0.0741. The summed E-state index contributed by atoms with van der Waals surface area (Å²) >= 11 is 0. The van der Waals surface area contributed by atoms with E-state index < -0.39 is 5.82 Å². The lowest BCUT2D eigenvalue weighted by Crippen LogP contribution is -2.37. The number of aryl methyl sites for hydroxylation is 2. The Morgan fingerprint density at radius 1 is 1.27 bits per heavy atom. The molecule has 1 amide bonds. The van der Waals surface area contributed by atoms with Crippen molar-refractivity contribution in [1.82, 2.24) is 9.88 Å². The van der Waals surface area contributed by atoms with Crippen molar-refractivity contribution >= 4 is 5.91 Å². The van der Waals surface area contributed by atoms with E-state index in [4.69, 9.17) is 0 Å². The van der Waals surface area contributed by atoms with Crippen LogP contribution < -0.4 is 0 Å². The van der Waals surface area contributed by atoms with Crippen LogP contribution in [-0.4, -0.2) is 28.9 Å². The Kier molecular flexibility index (Phi) is 4.91. The van der Waals surface area contributed by atoms with Crippen LogP contribution in [0.1, 0.15) is 34.1 Å². The minimum absolute atomic E-state index is 0.0236. The number of pyridine rings is 1. The molecule has 0 saturated carbocycles. The lowest BCUT2D eigenvalue weighted by atomic mass is 10.1. The Balaban J connectivity index is 2.14. The normalized spacial score (nSPS) is 12.0. The number of aromatic nitrogens is 1. The number of rotatable bonds is 4. The second kappa shape index (κ2) is 6.69. The fraction of sp³-hybridized carbons (Fsp3) is 0.333. The molecule has 2 rings (SSSR count). The van der Waals surface area contributed by atoms with Crippen molar-refractivity contribution in [2.45, 2.75) is 33.2 Å². The first-order chi connectivity index (χ1) is 10.4. The van der Waals surface area contributed by atoms with Gasteiger partial charge >= 0.3 is 0 Å². The molecule has 0 spiro atoms. The van der Waals surface area contributed by atoms with E-state index in [1.54, 1.807) is 24.2 Å². The van der Waals surface area contributed by atoms with Gasteiger partial charge in [0.05, 0.1) is 0 Å². The highest BCUT2D eigenvalue weighted by Crippen LogP contribution is 2.15. The van der Waals surface area contributed by atoms with Crippen molar-refractivity contribution in [2.24, 2.45) is 0 Å². The first-order valence-electron chi connectivity index (χ1n) is 7.33. The van der Waals surface area contributed by atoms with Crippen LogP contribution in [0, 0.1) is 19.7 Å². The van der Waals surface area contributed by atoms with Crippen LogP contribution >= 0.6 is 0 Å². The van der Waals surface area contributed by atoms with Gasteiger partial charge in [0.25, 0.3) is 5.91 Å².